The van der Waals surface area contributed by atoms with Gasteiger partial charge in [0.05, 0.1) is 40.7 Å². The largest absolute Gasteiger partial charge is 0.497 e. The van der Waals surface area contributed by atoms with Crippen molar-refractivity contribution in [1.82, 2.24) is 14.8 Å². The van der Waals surface area contributed by atoms with E-state index in [1.54, 1.807) is 28.9 Å². The molecule has 3 heterocycles. The number of methoxy groups -OCH3 is 1. The number of imide groups is 1. The summed E-state index contributed by atoms with van der Waals surface area (Å²) in [6.07, 6.45) is 1.46. The number of benzene rings is 2. The van der Waals surface area contributed by atoms with E-state index < -0.39 is 5.91 Å². The first kappa shape index (κ1) is 18.1. The number of ether oxygens (including phenoxy) is 1. The van der Waals surface area contributed by atoms with Crippen molar-refractivity contribution in [3.05, 3.63) is 77.1 Å². The normalized spacial score (nSPS) is 13.2. The third-order valence-electron chi connectivity index (χ3n) is 5.28. The van der Waals surface area contributed by atoms with Crippen LogP contribution < -0.4 is 9.64 Å². The van der Waals surface area contributed by atoms with E-state index in [1.807, 2.05) is 38.1 Å². The van der Waals surface area contributed by atoms with Crippen LogP contribution in [0.15, 0.2) is 54.7 Å². The zero-order chi connectivity index (χ0) is 21.0. The van der Waals surface area contributed by atoms with Gasteiger partial charge in [0.1, 0.15) is 5.75 Å². The first-order chi connectivity index (χ1) is 14.5. The average molecular weight is 398 g/mol. The Morgan fingerprint density at radius 1 is 0.933 bits per heavy atom. The zero-order valence-corrected chi connectivity index (χ0v) is 16.7. The van der Waals surface area contributed by atoms with Gasteiger partial charge in [-0.05, 0) is 43.7 Å². The fraction of sp³-hybridized carbons (Fsp3) is 0.130. The minimum atomic E-state index is -0.402. The van der Waals surface area contributed by atoms with Crippen LogP contribution in [0.1, 0.15) is 32.0 Å². The molecule has 4 aromatic rings. The summed E-state index contributed by atoms with van der Waals surface area (Å²) >= 11 is 0. The molecule has 7 nitrogen and oxygen atoms in total. The molecule has 2 aromatic carbocycles. The maximum atomic E-state index is 13.4. The molecule has 1 aliphatic heterocycles. The highest BCUT2D eigenvalue weighted by Crippen LogP contribution is 2.35. The molecule has 30 heavy (non-hydrogen) atoms. The standard InChI is InChI=1S/C23H18N4O3/c1-13-6-4-8-16(10-13)27-21-19(14(2)25-27)20-18(12-24-21)22(28)26(23(20)29)15-7-5-9-17(11-15)30-3/h4-12H,1-3H3. The van der Waals surface area contributed by atoms with E-state index in [9.17, 15) is 9.59 Å². The van der Waals surface area contributed by atoms with E-state index in [0.29, 0.717) is 33.7 Å². The lowest BCUT2D eigenvalue weighted by atomic mass is 10.1. The Hall–Kier alpha value is -4.00. The van der Waals surface area contributed by atoms with E-state index in [4.69, 9.17) is 4.74 Å². The molecule has 0 fully saturated rings. The molecule has 0 unspecified atom stereocenters. The summed E-state index contributed by atoms with van der Waals surface area (Å²) in [6.45, 7) is 3.82. The van der Waals surface area contributed by atoms with Crippen molar-refractivity contribution in [3.63, 3.8) is 0 Å². The van der Waals surface area contributed by atoms with E-state index in [0.717, 1.165) is 16.2 Å². The third kappa shape index (κ3) is 2.52. The molecule has 0 spiro atoms. The van der Waals surface area contributed by atoms with Crippen LogP contribution in [0.25, 0.3) is 16.7 Å². The molecule has 0 saturated carbocycles. The number of amides is 2. The number of fused-ring (bicyclic) bond motifs is 3. The minimum absolute atomic E-state index is 0.280. The Labute approximate surface area is 172 Å². The topological polar surface area (TPSA) is 77.3 Å². The lowest BCUT2D eigenvalue weighted by Crippen LogP contribution is -2.29. The number of hydrogen-bond acceptors (Lipinski definition) is 5. The molecule has 1 aliphatic rings. The lowest BCUT2D eigenvalue weighted by molar-refractivity contribution is 0.0926. The van der Waals surface area contributed by atoms with Gasteiger partial charge in [-0.15, -0.1) is 0 Å². The van der Waals surface area contributed by atoms with Crippen molar-refractivity contribution in [2.24, 2.45) is 0 Å². The predicted octanol–water partition coefficient (Wildman–Crippen LogP) is 3.85. The number of nitrogens with zero attached hydrogens (tertiary/aromatic N) is 4. The highest BCUT2D eigenvalue weighted by Gasteiger charge is 2.40. The predicted molar refractivity (Wildman–Crippen MR) is 112 cm³/mol. The highest BCUT2D eigenvalue weighted by atomic mass is 16.5. The van der Waals surface area contributed by atoms with Crippen molar-refractivity contribution in [2.75, 3.05) is 12.0 Å². The van der Waals surface area contributed by atoms with Gasteiger partial charge in [-0.25, -0.2) is 14.6 Å². The molecular weight excluding hydrogens is 380 g/mol. The average Bonchev–Trinajstić information content (AvgIpc) is 3.22. The molecule has 148 valence electrons. The maximum absolute atomic E-state index is 13.4. The molecule has 0 atom stereocenters. The summed E-state index contributed by atoms with van der Waals surface area (Å²) in [4.78, 5) is 32.1. The molecule has 7 heteroatoms. The quantitative estimate of drug-likeness (QED) is 0.490. The number of hydrogen-bond donors (Lipinski definition) is 0. The molecule has 0 bridgehead atoms. The monoisotopic (exact) mass is 398 g/mol. The Bertz CT molecular complexity index is 1360. The smallest absolute Gasteiger partial charge is 0.267 e. The highest BCUT2D eigenvalue weighted by molar-refractivity contribution is 6.37. The third-order valence-corrected chi connectivity index (χ3v) is 5.28. The summed E-state index contributed by atoms with van der Waals surface area (Å²) < 4.78 is 6.95. The number of carbonyl (C=O) groups excluding carboxylic acids is 2. The van der Waals surface area contributed by atoms with Gasteiger partial charge in [0.2, 0.25) is 0 Å². The molecule has 0 radical (unpaired) electrons. The van der Waals surface area contributed by atoms with E-state index in [2.05, 4.69) is 10.1 Å². The summed E-state index contributed by atoms with van der Waals surface area (Å²) in [7, 11) is 1.54. The van der Waals surface area contributed by atoms with Crippen LogP contribution in [-0.4, -0.2) is 33.7 Å². The Morgan fingerprint density at radius 3 is 2.47 bits per heavy atom. The number of pyridine rings is 1. The molecule has 2 aromatic heterocycles. The van der Waals surface area contributed by atoms with Gasteiger partial charge in [-0.1, -0.05) is 18.2 Å². The minimum Gasteiger partial charge on any atom is -0.497 e. The van der Waals surface area contributed by atoms with Gasteiger partial charge in [0, 0.05) is 12.3 Å². The maximum Gasteiger partial charge on any atom is 0.267 e. The van der Waals surface area contributed by atoms with E-state index in [1.165, 1.54) is 13.3 Å². The summed E-state index contributed by atoms with van der Waals surface area (Å²) in [6, 6.07) is 14.7. The number of rotatable bonds is 3. The first-order valence-corrected chi connectivity index (χ1v) is 9.48. The second kappa shape index (κ2) is 6.52. The molecule has 2 amide bonds. The van der Waals surface area contributed by atoms with Crippen LogP contribution in [0.3, 0.4) is 0 Å². The molecule has 0 N–H and O–H groups in total. The SMILES string of the molecule is COc1cccc(N2C(=O)c3cnc4c(c(C)nn4-c4cccc(C)c4)c3C2=O)c1. The zero-order valence-electron chi connectivity index (χ0n) is 16.7. The van der Waals surface area contributed by atoms with Crippen LogP contribution >= 0.6 is 0 Å². The van der Waals surface area contributed by atoms with Crippen LogP contribution in [0.5, 0.6) is 5.75 Å². The second-order valence-electron chi connectivity index (χ2n) is 7.23. The number of aryl methyl sites for hydroxylation is 2. The Balaban J connectivity index is 1.70. The van der Waals surface area contributed by atoms with E-state index in [-0.39, 0.29) is 11.5 Å². The van der Waals surface area contributed by atoms with Crippen LogP contribution in [-0.2, 0) is 0 Å². The van der Waals surface area contributed by atoms with E-state index >= 15 is 0 Å². The van der Waals surface area contributed by atoms with Gasteiger partial charge < -0.3 is 4.74 Å². The number of aromatic nitrogens is 3. The molecular formula is C23H18N4O3. The Kier molecular flexibility index (Phi) is 3.92. The van der Waals surface area contributed by atoms with Crippen LogP contribution in [0, 0.1) is 13.8 Å². The molecule has 5 rings (SSSR count). The second-order valence-corrected chi connectivity index (χ2v) is 7.23. The van der Waals surface area contributed by atoms with Crippen molar-refractivity contribution < 1.29 is 14.3 Å². The van der Waals surface area contributed by atoms with Crippen LogP contribution in [0.4, 0.5) is 5.69 Å². The summed E-state index contributed by atoms with van der Waals surface area (Å²) in [5.74, 6) is -0.223. The molecule has 0 saturated heterocycles. The van der Waals surface area contributed by atoms with Crippen molar-refractivity contribution >= 4 is 28.5 Å². The van der Waals surface area contributed by atoms with Gasteiger partial charge in [0.25, 0.3) is 11.8 Å². The van der Waals surface area contributed by atoms with Gasteiger partial charge in [-0.2, -0.15) is 5.10 Å². The van der Waals surface area contributed by atoms with Gasteiger partial charge in [-0.3, -0.25) is 9.59 Å². The summed E-state index contributed by atoms with van der Waals surface area (Å²) in [5, 5.41) is 5.21. The lowest BCUT2D eigenvalue weighted by Gasteiger charge is -2.14. The summed E-state index contributed by atoms with van der Waals surface area (Å²) in [5.41, 5.74) is 4.20. The van der Waals surface area contributed by atoms with Crippen molar-refractivity contribution in [2.45, 2.75) is 13.8 Å². The first-order valence-electron chi connectivity index (χ1n) is 9.48. The van der Waals surface area contributed by atoms with Gasteiger partial charge >= 0.3 is 0 Å². The number of anilines is 1. The fourth-order valence-corrected chi connectivity index (χ4v) is 3.88. The fourth-order valence-electron chi connectivity index (χ4n) is 3.88. The Morgan fingerprint density at radius 2 is 1.70 bits per heavy atom. The molecule has 0 aliphatic carbocycles. The number of carbonyl (C=O) groups is 2. The van der Waals surface area contributed by atoms with Crippen molar-refractivity contribution in [3.8, 4) is 11.4 Å². The van der Waals surface area contributed by atoms with Crippen molar-refractivity contribution in [1.29, 1.82) is 0 Å². The van der Waals surface area contributed by atoms with Gasteiger partial charge in [0.15, 0.2) is 5.65 Å². The van der Waals surface area contributed by atoms with Crippen LogP contribution in [0.2, 0.25) is 0 Å².